The number of nitrogens with zero attached hydrogens (tertiary/aromatic N) is 2. The zero-order valence-corrected chi connectivity index (χ0v) is 7.98. The maximum Gasteiger partial charge on any atom is 0.344 e. The quantitative estimate of drug-likeness (QED) is 0.634. The number of aromatic carboxylic acids is 1. The topological polar surface area (TPSA) is 93.3 Å². The second-order valence-electron chi connectivity index (χ2n) is 2.91. The van der Waals surface area contributed by atoms with Crippen LogP contribution in [-0.2, 0) is 0 Å². The van der Waals surface area contributed by atoms with Crippen molar-refractivity contribution in [1.29, 1.82) is 0 Å². The number of carbonyl (C=O) groups is 1. The Morgan fingerprint density at radius 1 is 1.62 bits per heavy atom. The number of carboxylic acids is 1. The fraction of sp³-hybridized carbons (Fsp3) is 0.250. The number of aryl methyl sites for hydroxylation is 1. The van der Waals surface area contributed by atoms with Gasteiger partial charge < -0.3 is 5.11 Å². The van der Waals surface area contributed by atoms with Gasteiger partial charge in [0.25, 0.3) is 12.1 Å². The fourth-order valence-corrected chi connectivity index (χ4v) is 1.20. The highest BCUT2D eigenvalue weighted by molar-refractivity contribution is 5.93. The molecule has 1 rings (SSSR count). The Bertz CT molecular complexity index is 462. The molecular formula is C8H6F2N2O4. The minimum Gasteiger partial charge on any atom is -0.477 e. The Morgan fingerprint density at radius 3 is 2.56 bits per heavy atom. The van der Waals surface area contributed by atoms with Gasteiger partial charge in [0.05, 0.1) is 4.92 Å². The SMILES string of the molecule is Cc1cc([N+](=O)[O-])c(C(=O)O)c(C(F)F)n1. The van der Waals surface area contributed by atoms with Crippen molar-refractivity contribution in [3.8, 4) is 0 Å². The van der Waals surface area contributed by atoms with Gasteiger partial charge in [-0.1, -0.05) is 0 Å². The van der Waals surface area contributed by atoms with Crippen molar-refractivity contribution >= 4 is 11.7 Å². The molecule has 0 aromatic carbocycles. The van der Waals surface area contributed by atoms with E-state index in [0.717, 1.165) is 6.07 Å². The molecule has 0 bridgehead atoms. The Labute approximate surface area is 87.7 Å². The molecule has 8 heteroatoms. The number of rotatable bonds is 3. The number of hydrogen-bond donors (Lipinski definition) is 1. The summed E-state index contributed by atoms with van der Waals surface area (Å²) in [5.41, 5.74) is -3.06. The molecule has 86 valence electrons. The van der Waals surface area contributed by atoms with Gasteiger partial charge >= 0.3 is 5.97 Å². The molecule has 0 saturated heterocycles. The minimum absolute atomic E-state index is 0.0352. The summed E-state index contributed by atoms with van der Waals surface area (Å²) < 4.78 is 24.9. The van der Waals surface area contributed by atoms with Crippen molar-refractivity contribution in [1.82, 2.24) is 4.98 Å². The van der Waals surface area contributed by atoms with E-state index in [1.54, 1.807) is 0 Å². The molecule has 1 heterocycles. The molecule has 0 radical (unpaired) electrons. The van der Waals surface area contributed by atoms with Crippen molar-refractivity contribution in [3.63, 3.8) is 0 Å². The van der Waals surface area contributed by atoms with E-state index in [9.17, 15) is 23.7 Å². The number of alkyl halides is 2. The van der Waals surface area contributed by atoms with Gasteiger partial charge in [-0.3, -0.25) is 15.1 Å². The van der Waals surface area contributed by atoms with Crippen molar-refractivity contribution in [2.24, 2.45) is 0 Å². The first kappa shape index (κ1) is 12.0. The first-order valence-corrected chi connectivity index (χ1v) is 4.02. The Balaban J connectivity index is 3.60. The lowest BCUT2D eigenvalue weighted by Crippen LogP contribution is -2.10. The van der Waals surface area contributed by atoms with E-state index in [1.807, 2.05) is 0 Å². The Kier molecular flexibility index (Phi) is 3.11. The molecule has 0 aliphatic rings. The molecule has 0 saturated carbocycles. The van der Waals surface area contributed by atoms with Crippen LogP contribution in [-0.4, -0.2) is 21.0 Å². The number of aromatic nitrogens is 1. The molecule has 0 aliphatic carbocycles. The van der Waals surface area contributed by atoms with Crippen LogP contribution < -0.4 is 0 Å². The molecule has 1 aromatic rings. The van der Waals surface area contributed by atoms with Crippen molar-refractivity contribution in [2.75, 3.05) is 0 Å². The smallest absolute Gasteiger partial charge is 0.344 e. The molecule has 6 nitrogen and oxygen atoms in total. The molecule has 16 heavy (non-hydrogen) atoms. The van der Waals surface area contributed by atoms with E-state index in [0.29, 0.717) is 0 Å². The lowest BCUT2D eigenvalue weighted by atomic mass is 10.1. The van der Waals surface area contributed by atoms with E-state index in [-0.39, 0.29) is 5.69 Å². The summed E-state index contributed by atoms with van der Waals surface area (Å²) in [5.74, 6) is -1.80. The van der Waals surface area contributed by atoms with Crippen LogP contribution in [0.5, 0.6) is 0 Å². The van der Waals surface area contributed by atoms with E-state index >= 15 is 0 Å². The Morgan fingerprint density at radius 2 is 2.19 bits per heavy atom. The van der Waals surface area contributed by atoms with Crippen LogP contribution in [0.25, 0.3) is 0 Å². The Hall–Kier alpha value is -2.12. The molecule has 0 amide bonds. The summed E-state index contributed by atoms with van der Waals surface area (Å²) in [6, 6.07) is 0.843. The van der Waals surface area contributed by atoms with E-state index < -0.39 is 34.3 Å². The minimum atomic E-state index is -3.18. The number of halogens is 2. The van der Waals surface area contributed by atoms with Gasteiger partial charge in [-0.2, -0.15) is 0 Å². The van der Waals surface area contributed by atoms with E-state index in [2.05, 4.69) is 4.98 Å². The number of carboxylic acid groups (broad SMARTS) is 1. The maximum atomic E-state index is 12.5. The average Bonchev–Trinajstić information content (AvgIpc) is 2.15. The molecule has 0 atom stereocenters. The van der Waals surface area contributed by atoms with Crippen molar-refractivity contribution in [3.05, 3.63) is 33.1 Å². The van der Waals surface area contributed by atoms with Crippen molar-refractivity contribution in [2.45, 2.75) is 13.3 Å². The van der Waals surface area contributed by atoms with Crippen LogP contribution in [0.4, 0.5) is 14.5 Å². The number of hydrogen-bond acceptors (Lipinski definition) is 4. The molecule has 1 N–H and O–H groups in total. The zero-order valence-electron chi connectivity index (χ0n) is 7.98. The highest BCUT2D eigenvalue weighted by Crippen LogP contribution is 2.28. The van der Waals surface area contributed by atoms with Gasteiger partial charge in [0.15, 0.2) is 5.56 Å². The lowest BCUT2D eigenvalue weighted by molar-refractivity contribution is -0.385. The van der Waals surface area contributed by atoms with E-state index in [1.165, 1.54) is 6.92 Å². The molecule has 0 aliphatic heterocycles. The molecule has 0 fully saturated rings. The fourth-order valence-electron chi connectivity index (χ4n) is 1.20. The van der Waals surface area contributed by atoms with Gasteiger partial charge in [-0.25, -0.2) is 13.6 Å². The second kappa shape index (κ2) is 4.17. The van der Waals surface area contributed by atoms with Crippen LogP contribution in [0, 0.1) is 17.0 Å². The first-order valence-electron chi connectivity index (χ1n) is 4.02. The highest BCUT2D eigenvalue weighted by atomic mass is 19.3. The normalized spacial score (nSPS) is 10.5. The predicted octanol–water partition coefficient (Wildman–Crippen LogP) is 1.93. The largest absolute Gasteiger partial charge is 0.477 e. The van der Waals surface area contributed by atoms with Gasteiger partial charge in [-0.15, -0.1) is 0 Å². The zero-order chi connectivity index (χ0) is 12.5. The van der Waals surface area contributed by atoms with Gasteiger partial charge in [0.2, 0.25) is 0 Å². The monoisotopic (exact) mass is 232 g/mol. The van der Waals surface area contributed by atoms with Gasteiger partial charge in [0, 0.05) is 11.8 Å². The standard InChI is InChI=1S/C8H6F2N2O4/c1-3-2-4(12(15)16)5(8(13)14)6(11-3)7(9)10/h2,7H,1H3,(H,13,14). The third-order valence-corrected chi connectivity index (χ3v) is 1.77. The van der Waals surface area contributed by atoms with Crippen LogP contribution in [0.1, 0.15) is 28.2 Å². The van der Waals surface area contributed by atoms with Gasteiger partial charge in [-0.05, 0) is 6.92 Å². The summed E-state index contributed by atoms with van der Waals surface area (Å²) >= 11 is 0. The number of pyridine rings is 1. The highest BCUT2D eigenvalue weighted by Gasteiger charge is 2.30. The predicted molar refractivity (Wildman–Crippen MR) is 47.5 cm³/mol. The summed E-state index contributed by atoms with van der Waals surface area (Å²) in [4.78, 5) is 23.5. The van der Waals surface area contributed by atoms with Crippen LogP contribution in [0.2, 0.25) is 0 Å². The van der Waals surface area contributed by atoms with E-state index in [4.69, 9.17) is 5.11 Å². The molecule has 1 aromatic heterocycles. The third kappa shape index (κ3) is 2.10. The summed E-state index contributed by atoms with van der Waals surface area (Å²) in [6.45, 7) is 1.27. The van der Waals surface area contributed by atoms with Crippen LogP contribution >= 0.6 is 0 Å². The first-order chi connectivity index (χ1) is 7.34. The summed E-state index contributed by atoms with van der Waals surface area (Å²) in [5, 5.41) is 19.2. The summed E-state index contributed by atoms with van der Waals surface area (Å²) in [7, 11) is 0. The van der Waals surface area contributed by atoms with Crippen LogP contribution in [0.3, 0.4) is 0 Å². The summed E-state index contributed by atoms with van der Waals surface area (Å²) in [6.07, 6.45) is -3.18. The second-order valence-corrected chi connectivity index (χ2v) is 2.91. The van der Waals surface area contributed by atoms with Crippen molar-refractivity contribution < 1.29 is 23.6 Å². The molecule has 0 spiro atoms. The lowest BCUT2D eigenvalue weighted by Gasteiger charge is -2.05. The van der Waals surface area contributed by atoms with Gasteiger partial charge in [0.1, 0.15) is 5.69 Å². The molecular weight excluding hydrogens is 226 g/mol. The van der Waals surface area contributed by atoms with Crippen LogP contribution in [0.15, 0.2) is 6.07 Å². The maximum absolute atomic E-state index is 12.5. The number of nitro groups is 1. The molecule has 0 unspecified atom stereocenters. The average molecular weight is 232 g/mol. The third-order valence-electron chi connectivity index (χ3n) is 1.77.